The summed E-state index contributed by atoms with van der Waals surface area (Å²) in [5.41, 5.74) is 0.706. The van der Waals surface area contributed by atoms with Crippen molar-refractivity contribution >= 4 is 17.6 Å². The highest BCUT2D eigenvalue weighted by molar-refractivity contribution is 5.93. The lowest BCUT2D eigenvalue weighted by atomic mass is 10.0. The van der Waals surface area contributed by atoms with Gasteiger partial charge in [-0.1, -0.05) is 32.0 Å². The number of piperazine rings is 1. The molecule has 2 unspecified atom stereocenters. The second-order valence-corrected chi connectivity index (χ2v) is 7.95. The van der Waals surface area contributed by atoms with Gasteiger partial charge in [0, 0.05) is 45.0 Å². The van der Waals surface area contributed by atoms with Gasteiger partial charge in [0.15, 0.2) is 0 Å². The number of carbonyl (C=O) groups is 2. The number of urea groups is 1. The highest BCUT2D eigenvalue weighted by Gasteiger charge is 2.31. The van der Waals surface area contributed by atoms with Gasteiger partial charge in [0.2, 0.25) is 5.91 Å². The Morgan fingerprint density at radius 3 is 2.46 bits per heavy atom. The van der Waals surface area contributed by atoms with E-state index < -0.39 is 6.04 Å². The molecule has 2 aliphatic heterocycles. The van der Waals surface area contributed by atoms with Crippen LogP contribution in [0.1, 0.15) is 26.7 Å². The van der Waals surface area contributed by atoms with Crippen LogP contribution in [-0.4, -0.2) is 73.2 Å². The number of hydrogen-bond acceptors (Lipinski definition) is 4. The number of rotatable bonds is 6. The monoisotopic (exact) mass is 388 g/mol. The Bertz CT molecular complexity index is 638. The summed E-state index contributed by atoms with van der Waals surface area (Å²) in [5, 5.41) is 5.65. The number of nitrogens with zero attached hydrogens (tertiary/aromatic N) is 2. The van der Waals surface area contributed by atoms with E-state index in [2.05, 4.69) is 15.5 Å². The molecule has 3 amide bonds. The first-order chi connectivity index (χ1) is 13.5. The van der Waals surface area contributed by atoms with Crippen molar-refractivity contribution in [1.29, 1.82) is 0 Å². The Labute approximate surface area is 167 Å². The smallest absolute Gasteiger partial charge is 0.319 e. The fourth-order valence-electron chi connectivity index (χ4n) is 3.77. The normalized spacial score (nSPS) is 21.5. The predicted octanol–water partition coefficient (Wildman–Crippen LogP) is 2.16. The quantitative estimate of drug-likeness (QED) is 0.783. The van der Waals surface area contributed by atoms with Gasteiger partial charge < -0.3 is 20.3 Å². The zero-order chi connectivity index (χ0) is 19.9. The topological polar surface area (TPSA) is 73.9 Å². The van der Waals surface area contributed by atoms with E-state index in [1.165, 1.54) is 0 Å². The molecule has 2 heterocycles. The van der Waals surface area contributed by atoms with Gasteiger partial charge >= 0.3 is 6.03 Å². The molecule has 2 fully saturated rings. The third-order valence-corrected chi connectivity index (χ3v) is 5.42. The van der Waals surface area contributed by atoms with E-state index in [4.69, 9.17) is 4.74 Å². The van der Waals surface area contributed by atoms with Crippen molar-refractivity contribution in [2.75, 3.05) is 44.6 Å². The van der Waals surface area contributed by atoms with Crippen LogP contribution >= 0.6 is 0 Å². The molecule has 7 heteroatoms. The Kier molecular flexibility index (Phi) is 7.28. The molecule has 1 aromatic carbocycles. The molecule has 2 atom stereocenters. The second kappa shape index (κ2) is 9.89. The van der Waals surface area contributed by atoms with Gasteiger partial charge in [-0.2, -0.15) is 0 Å². The third-order valence-electron chi connectivity index (χ3n) is 5.42. The fourth-order valence-corrected chi connectivity index (χ4v) is 3.77. The molecule has 28 heavy (non-hydrogen) atoms. The number of nitrogens with one attached hydrogen (secondary N) is 2. The first-order valence-electron chi connectivity index (χ1n) is 10.3. The van der Waals surface area contributed by atoms with E-state index >= 15 is 0 Å². The van der Waals surface area contributed by atoms with Crippen LogP contribution < -0.4 is 10.6 Å². The summed E-state index contributed by atoms with van der Waals surface area (Å²) in [7, 11) is 0. The van der Waals surface area contributed by atoms with Crippen LogP contribution in [0.15, 0.2) is 30.3 Å². The van der Waals surface area contributed by atoms with Crippen LogP contribution in [0.3, 0.4) is 0 Å². The molecule has 2 saturated heterocycles. The maximum atomic E-state index is 13.0. The molecule has 2 aliphatic rings. The van der Waals surface area contributed by atoms with Crippen LogP contribution in [0.2, 0.25) is 0 Å². The number of hydrogen-bond donors (Lipinski definition) is 2. The summed E-state index contributed by atoms with van der Waals surface area (Å²) < 4.78 is 5.72. The number of benzene rings is 1. The summed E-state index contributed by atoms with van der Waals surface area (Å²) in [5.74, 6) is 0.00826. The first-order valence-corrected chi connectivity index (χ1v) is 10.3. The van der Waals surface area contributed by atoms with E-state index in [1.54, 1.807) is 0 Å². The molecule has 154 valence electrons. The lowest BCUT2D eigenvalue weighted by Gasteiger charge is -2.38. The van der Waals surface area contributed by atoms with Gasteiger partial charge in [0.1, 0.15) is 6.04 Å². The molecule has 7 nitrogen and oxygen atoms in total. The Morgan fingerprint density at radius 1 is 1.14 bits per heavy atom. The minimum atomic E-state index is -0.534. The summed E-state index contributed by atoms with van der Waals surface area (Å²) >= 11 is 0. The number of anilines is 1. The predicted molar refractivity (Wildman–Crippen MR) is 109 cm³/mol. The van der Waals surface area contributed by atoms with E-state index in [0.29, 0.717) is 24.9 Å². The lowest BCUT2D eigenvalue weighted by Crippen LogP contribution is -2.57. The zero-order valence-corrected chi connectivity index (χ0v) is 16.9. The zero-order valence-electron chi connectivity index (χ0n) is 16.9. The summed E-state index contributed by atoms with van der Waals surface area (Å²) in [6.07, 6.45) is 2.62. The minimum Gasteiger partial charge on any atom is -0.377 e. The largest absolute Gasteiger partial charge is 0.377 e. The van der Waals surface area contributed by atoms with Crippen molar-refractivity contribution in [3.8, 4) is 0 Å². The molecule has 0 bridgehead atoms. The Hall–Kier alpha value is -2.12. The van der Waals surface area contributed by atoms with Crippen LogP contribution in [0.25, 0.3) is 0 Å². The Balaban J connectivity index is 1.49. The van der Waals surface area contributed by atoms with E-state index in [1.807, 2.05) is 49.1 Å². The van der Waals surface area contributed by atoms with Crippen molar-refractivity contribution in [2.45, 2.75) is 38.8 Å². The van der Waals surface area contributed by atoms with Gasteiger partial charge in [0.25, 0.3) is 0 Å². The maximum absolute atomic E-state index is 13.0. The standard InChI is InChI=1S/C21H32N4O3/c1-16(2)19(23-21(27)22-17-7-4-3-5-8-17)20(26)25-12-10-24(11-13-25)15-18-9-6-14-28-18/h3-5,7-8,16,18-19H,6,9-15H2,1-2H3,(H2,22,23,27). The highest BCUT2D eigenvalue weighted by Crippen LogP contribution is 2.16. The first kappa shape index (κ1) is 20.6. The van der Waals surface area contributed by atoms with Gasteiger partial charge in [-0.05, 0) is 30.9 Å². The van der Waals surface area contributed by atoms with Crippen molar-refractivity contribution in [1.82, 2.24) is 15.1 Å². The summed E-state index contributed by atoms with van der Waals surface area (Å²) in [4.78, 5) is 29.6. The molecule has 0 aromatic heterocycles. The van der Waals surface area contributed by atoms with Gasteiger partial charge in [-0.15, -0.1) is 0 Å². The molecule has 0 radical (unpaired) electrons. The average Bonchev–Trinajstić information content (AvgIpc) is 3.20. The molecule has 3 rings (SSSR count). The van der Waals surface area contributed by atoms with E-state index in [-0.39, 0.29) is 17.9 Å². The van der Waals surface area contributed by atoms with Crippen LogP contribution in [-0.2, 0) is 9.53 Å². The highest BCUT2D eigenvalue weighted by atomic mass is 16.5. The van der Waals surface area contributed by atoms with Crippen LogP contribution in [0, 0.1) is 5.92 Å². The third kappa shape index (κ3) is 5.69. The molecular weight excluding hydrogens is 356 g/mol. The lowest BCUT2D eigenvalue weighted by molar-refractivity contribution is -0.136. The molecule has 0 aliphatic carbocycles. The number of amides is 3. The summed E-state index contributed by atoms with van der Waals surface area (Å²) in [6, 6.07) is 8.36. The van der Waals surface area contributed by atoms with E-state index in [9.17, 15) is 9.59 Å². The van der Waals surface area contributed by atoms with E-state index in [0.717, 1.165) is 39.1 Å². The van der Waals surface area contributed by atoms with Crippen LogP contribution in [0.5, 0.6) is 0 Å². The molecule has 0 saturated carbocycles. The van der Waals surface area contributed by atoms with Crippen molar-refractivity contribution < 1.29 is 14.3 Å². The number of carbonyl (C=O) groups excluding carboxylic acids is 2. The average molecular weight is 389 g/mol. The van der Waals surface area contributed by atoms with Crippen molar-refractivity contribution in [3.63, 3.8) is 0 Å². The fraction of sp³-hybridized carbons (Fsp3) is 0.619. The maximum Gasteiger partial charge on any atom is 0.319 e. The van der Waals surface area contributed by atoms with Crippen molar-refractivity contribution in [2.24, 2.45) is 5.92 Å². The number of ether oxygens (including phenoxy) is 1. The Morgan fingerprint density at radius 2 is 1.86 bits per heavy atom. The molecule has 0 spiro atoms. The minimum absolute atomic E-state index is 0.00465. The van der Waals surface area contributed by atoms with Gasteiger partial charge in [0.05, 0.1) is 6.10 Å². The molecule has 2 N–H and O–H groups in total. The molecular formula is C21H32N4O3. The SMILES string of the molecule is CC(C)C(NC(=O)Nc1ccccc1)C(=O)N1CCN(CC2CCCO2)CC1. The molecule has 1 aromatic rings. The van der Waals surface area contributed by atoms with Crippen LogP contribution in [0.4, 0.5) is 10.5 Å². The number of para-hydroxylation sites is 1. The van der Waals surface area contributed by atoms with Gasteiger partial charge in [-0.3, -0.25) is 9.69 Å². The van der Waals surface area contributed by atoms with Gasteiger partial charge in [-0.25, -0.2) is 4.79 Å². The van der Waals surface area contributed by atoms with Crippen molar-refractivity contribution in [3.05, 3.63) is 30.3 Å². The summed E-state index contributed by atoms with van der Waals surface area (Å²) in [6.45, 7) is 8.83. The second-order valence-electron chi connectivity index (χ2n) is 7.95.